The van der Waals surface area contributed by atoms with Crippen LogP contribution in [-0.2, 0) is 0 Å². The summed E-state index contributed by atoms with van der Waals surface area (Å²) in [6.45, 7) is 0. The van der Waals surface area contributed by atoms with E-state index in [2.05, 4.69) is 51.8 Å². The van der Waals surface area contributed by atoms with Crippen LogP contribution in [0, 0.1) is 0 Å². The van der Waals surface area contributed by atoms with Gasteiger partial charge in [-0.2, -0.15) is 0 Å². The van der Waals surface area contributed by atoms with E-state index in [-0.39, 0.29) is 0 Å². The van der Waals surface area contributed by atoms with Gasteiger partial charge in [0.25, 0.3) is 0 Å². The second kappa shape index (κ2) is 3.02. The Bertz CT molecular complexity index is 353. The van der Waals surface area contributed by atoms with Gasteiger partial charge >= 0.3 is 0 Å². The quantitative estimate of drug-likeness (QED) is 0.847. The summed E-state index contributed by atoms with van der Waals surface area (Å²) in [5.41, 5.74) is 0. The standard InChI is InChI=1S/C6H4Br2N4/c7-3-1-9-5(11-3)6-10-2-4(8)12-6/h1-2H,(H,9,11)(H,10,12). The van der Waals surface area contributed by atoms with Crippen LogP contribution in [0.15, 0.2) is 21.6 Å². The van der Waals surface area contributed by atoms with Crippen LogP contribution in [0.2, 0.25) is 0 Å². The molecule has 0 atom stereocenters. The third-order valence-corrected chi connectivity index (χ3v) is 2.12. The Labute approximate surface area is 85.1 Å². The third kappa shape index (κ3) is 1.44. The smallest absolute Gasteiger partial charge is 0.174 e. The summed E-state index contributed by atoms with van der Waals surface area (Å²) >= 11 is 6.53. The Morgan fingerprint density at radius 3 is 1.58 bits per heavy atom. The summed E-state index contributed by atoms with van der Waals surface area (Å²) in [7, 11) is 0. The monoisotopic (exact) mass is 290 g/mol. The molecule has 2 aromatic rings. The molecule has 6 heteroatoms. The highest BCUT2D eigenvalue weighted by atomic mass is 79.9. The molecule has 0 aliphatic carbocycles. The maximum Gasteiger partial charge on any atom is 0.174 e. The van der Waals surface area contributed by atoms with E-state index in [0.29, 0.717) is 11.6 Å². The fourth-order valence-electron chi connectivity index (χ4n) is 0.838. The predicted octanol–water partition coefficient (Wildman–Crippen LogP) is 2.32. The molecule has 0 fully saturated rings. The SMILES string of the molecule is Brc1cnc(-c2ncc(Br)[nH]2)[nH]1. The topological polar surface area (TPSA) is 57.4 Å². The first-order valence-electron chi connectivity index (χ1n) is 3.17. The second-order valence-electron chi connectivity index (χ2n) is 2.16. The van der Waals surface area contributed by atoms with E-state index in [1.807, 2.05) is 0 Å². The zero-order valence-corrected chi connectivity index (χ0v) is 8.98. The van der Waals surface area contributed by atoms with Crippen molar-refractivity contribution in [1.29, 1.82) is 0 Å². The molecule has 0 aliphatic rings. The Hall–Kier alpha value is -0.620. The van der Waals surface area contributed by atoms with Crippen LogP contribution < -0.4 is 0 Å². The van der Waals surface area contributed by atoms with Gasteiger partial charge in [-0.1, -0.05) is 0 Å². The van der Waals surface area contributed by atoms with Crippen molar-refractivity contribution in [3.63, 3.8) is 0 Å². The first kappa shape index (κ1) is 8.00. The minimum atomic E-state index is 0.715. The Morgan fingerprint density at radius 1 is 0.917 bits per heavy atom. The number of nitrogens with zero attached hydrogens (tertiary/aromatic N) is 2. The van der Waals surface area contributed by atoms with Crippen LogP contribution in [0.5, 0.6) is 0 Å². The summed E-state index contributed by atoms with van der Waals surface area (Å²) in [6.07, 6.45) is 3.37. The van der Waals surface area contributed by atoms with E-state index in [4.69, 9.17) is 0 Å². The van der Waals surface area contributed by atoms with Crippen molar-refractivity contribution in [3.05, 3.63) is 21.6 Å². The highest BCUT2D eigenvalue weighted by Gasteiger charge is 2.04. The van der Waals surface area contributed by atoms with E-state index < -0.39 is 0 Å². The fraction of sp³-hybridized carbons (Fsp3) is 0. The molecule has 0 amide bonds. The summed E-state index contributed by atoms with van der Waals surface area (Å²) in [5.74, 6) is 1.43. The summed E-state index contributed by atoms with van der Waals surface area (Å²) in [6, 6.07) is 0. The van der Waals surface area contributed by atoms with E-state index in [0.717, 1.165) is 9.21 Å². The minimum absolute atomic E-state index is 0.715. The van der Waals surface area contributed by atoms with Crippen LogP contribution in [0.3, 0.4) is 0 Å². The second-order valence-corrected chi connectivity index (χ2v) is 3.87. The normalized spacial score (nSPS) is 10.5. The van der Waals surface area contributed by atoms with Crippen molar-refractivity contribution in [2.75, 3.05) is 0 Å². The summed E-state index contributed by atoms with van der Waals surface area (Å²) in [4.78, 5) is 14.2. The highest BCUT2D eigenvalue weighted by molar-refractivity contribution is 9.10. The number of halogens is 2. The molecule has 0 saturated carbocycles. The number of aromatic nitrogens is 4. The van der Waals surface area contributed by atoms with Gasteiger partial charge < -0.3 is 9.97 Å². The maximum absolute atomic E-state index is 4.08. The zero-order valence-electron chi connectivity index (χ0n) is 5.81. The number of rotatable bonds is 1. The molecule has 2 aromatic heterocycles. The van der Waals surface area contributed by atoms with Gasteiger partial charge in [0.1, 0.15) is 9.21 Å². The Morgan fingerprint density at radius 2 is 1.33 bits per heavy atom. The molecule has 0 spiro atoms. The number of aromatic amines is 2. The van der Waals surface area contributed by atoms with Crippen molar-refractivity contribution in [3.8, 4) is 11.6 Å². The molecule has 0 radical (unpaired) electrons. The molecule has 0 saturated heterocycles. The molecule has 0 unspecified atom stereocenters. The third-order valence-electron chi connectivity index (χ3n) is 1.31. The summed E-state index contributed by atoms with van der Waals surface area (Å²) in [5, 5.41) is 0. The van der Waals surface area contributed by atoms with Gasteiger partial charge in [-0.15, -0.1) is 0 Å². The van der Waals surface area contributed by atoms with Crippen LogP contribution in [-0.4, -0.2) is 19.9 Å². The molecule has 0 aromatic carbocycles. The van der Waals surface area contributed by atoms with Crippen LogP contribution >= 0.6 is 31.9 Å². The molecule has 2 N–H and O–H groups in total. The van der Waals surface area contributed by atoms with E-state index in [9.17, 15) is 0 Å². The van der Waals surface area contributed by atoms with Gasteiger partial charge in [0, 0.05) is 0 Å². The summed E-state index contributed by atoms with van der Waals surface area (Å²) < 4.78 is 1.68. The predicted molar refractivity (Wildman–Crippen MR) is 51.6 cm³/mol. The van der Waals surface area contributed by atoms with Gasteiger partial charge in [-0.05, 0) is 31.9 Å². The van der Waals surface area contributed by atoms with E-state index >= 15 is 0 Å². The largest absolute Gasteiger partial charge is 0.330 e. The molecule has 12 heavy (non-hydrogen) atoms. The van der Waals surface area contributed by atoms with Gasteiger partial charge in [0.05, 0.1) is 12.4 Å². The average molecular weight is 292 g/mol. The number of hydrogen-bond donors (Lipinski definition) is 2. The Balaban J connectivity index is 2.43. The van der Waals surface area contributed by atoms with Crippen LogP contribution in [0.25, 0.3) is 11.6 Å². The number of nitrogens with one attached hydrogen (secondary N) is 2. The lowest BCUT2D eigenvalue weighted by Crippen LogP contribution is -1.81. The highest BCUT2D eigenvalue weighted by Crippen LogP contribution is 2.16. The first-order valence-corrected chi connectivity index (χ1v) is 4.75. The zero-order chi connectivity index (χ0) is 8.55. The van der Waals surface area contributed by atoms with Crippen molar-refractivity contribution >= 4 is 31.9 Å². The van der Waals surface area contributed by atoms with Crippen molar-refractivity contribution in [2.45, 2.75) is 0 Å². The first-order chi connectivity index (χ1) is 5.75. The molecule has 0 bridgehead atoms. The van der Waals surface area contributed by atoms with Gasteiger partial charge in [-0.25, -0.2) is 9.97 Å². The van der Waals surface area contributed by atoms with Gasteiger partial charge in [0.2, 0.25) is 0 Å². The van der Waals surface area contributed by atoms with Crippen molar-refractivity contribution in [1.82, 2.24) is 19.9 Å². The number of hydrogen-bond acceptors (Lipinski definition) is 2. The molecule has 62 valence electrons. The van der Waals surface area contributed by atoms with E-state index in [1.54, 1.807) is 12.4 Å². The molecule has 2 heterocycles. The molecular formula is C6H4Br2N4. The minimum Gasteiger partial charge on any atom is -0.330 e. The lowest BCUT2D eigenvalue weighted by atomic mass is 10.6. The van der Waals surface area contributed by atoms with Crippen LogP contribution in [0.1, 0.15) is 0 Å². The number of imidazole rings is 2. The van der Waals surface area contributed by atoms with Crippen molar-refractivity contribution < 1.29 is 0 Å². The molecule has 4 nitrogen and oxygen atoms in total. The fourth-order valence-corrected chi connectivity index (χ4v) is 1.42. The van der Waals surface area contributed by atoms with Gasteiger partial charge in [0.15, 0.2) is 11.6 Å². The molecule has 0 aliphatic heterocycles. The van der Waals surface area contributed by atoms with Crippen molar-refractivity contribution in [2.24, 2.45) is 0 Å². The lowest BCUT2D eigenvalue weighted by molar-refractivity contribution is 1.19. The number of H-pyrrole nitrogens is 2. The van der Waals surface area contributed by atoms with Crippen LogP contribution in [0.4, 0.5) is 0 Å². The Kier molecular flexibility index (Phi) is 2.02. The average Bonchev–Trinajstić information content (AvgIpc) is 2.58. The lowest BCUT2D eigenvalue weighted by Gasteiger charge is -1.86. The molecule has 2 rings (SSSR count). The molecular weight excluding hydrogens is 288 g/mol. The maximum atomic E-state index is 4.08. The van der Waals surface area contributed by atoms with E-state index in [1.165, 1.54) is 0 Å². The van der Waals surface area contributed by atoms with Gasteiger partial charge in [-0.3, -0.25) is 0 Å².